The molecule has 0 saturated carbocycles. The van der Waals surface area contributed by atoms with Crippen LogP contribution in [0.3, 0.4) is 0 Å². The molecule has 2 heterocycles. The molecule has 2 aliphatic heterocycles. The molecule has 0 spiro atoms. The van der Waals surface area contributed by atoms with Crippen LogP contribution >= 0.6 is 12.4 Å². The van der Waals surface area contributed by atoms with Crippen molar-refractivity contribution < 1.29 is 5.11 Å². The number of aliphatic hydroxyl groups is 1. The lowest BCUT2D eigenvalue weighted by molar-refractivity contribution is 0.137. The van der Waals surface area contributed by atoms with Gasteiger partial charge in [-0.2, -0.15) is 0 Å². The molecule has 2 aliphatic rings. The SMILES string of the molecule is CC1C(CO)CCN1CC1(C)CCNC1.Cl. The average Bonchev–Trinajstić information content (AvgIpc) is 2.76. The van der Waals surface area contributed by atoms with E-state index >= 15 is 0 Å². The smallest absolute Gasteiger partial charge is 0.0474 e. The highest BCUT2D eigenvalue weighted by atomic mass is 35.5. The van der Waals surface area contributed by atoms with Gasteiger partial charge in [-0.3, -0.25) is 4.90 Å². The maximum absolute atomic E-state index is 9.24. The van der Waals surface area contributed by atoms with Gasteiger partial charge in [-0.25, -0.2) is 0 Å². The van der Waals surface area contributed by atoms with E-state index in [0.717, 1.165) is 6.54 Å². The highest BCUT2D eigenvalue weighted by molar-refractivity contribution is 5.85. The molecule has 0 aromatic rings. The first-order chi connectivity index (χ1) is 7.14. The van der Waals surface area contributed by atoms with Gasteiger partial charge in [-0.05, 0) is 44.2 Å². The quantitative estimate of drug-likeness (QED) is 0.786. The molecule has 0 aliphatic carbocycles. The third-order valence-corrected chi connectivity index (χ3v) is 4.32. The van der Waals surface area contributed by atoms with Crippen LogP contribution in [0.4, 0.5) is 0 Å². The molecule has 3 atom stereocenters. The van der Waals surface area contributed by atoms with E-state index in [9.17, 15) is 5.11 Å². The van der Waals surface area contributed by atoms with Crippen molar-refractivity contribution in [2.75, 3.05) is 32.8 Å². The zero-order valence-corrected chi connectivity index (χ0v) is 11.2. The van der Waals surface area contributed by atoms with Crippen LogP contribution in [0.15, 0.2) is 0 Å². The third-order valence-electron chi connectivity index (χ3n) is 4.32. The summed E-state index contributed by atoms with van der Waals surface area (Å²) in [7, 11) is 0. The van der Waals surface area contributed by atoms with Crippen molar-refractivity contribution in [1.29, 1.82) is 0 Å². The van der Waals surface area contributed by atoms with Gasteiger partial charge in [0, 0.05) is 25.7 Å². The molecule has 0 aromatic heterocycles. The highest BCUT2D eigenvalue weighted by Crippen LogP contribution is 2.31. The molecule has 0 bridgehead atoms. The summed E-state index contributed by atoms with van der Waals surface area (Å²) in [6.45, 7) is 9.68. The summed E-state index contributed by atoms with van der Waals surface area (Å²) in [5.74, 6) is 0.503. The fourth-order valence-corrected chi connectivity index (χ4v) is 3.04. The minimum absolute atomic E-state index is 0. The van der Waals surface area contributed by atoms with Crippen molar-refractivity contribution in [3.05, 3.63) is 0 Å². The van der Waals surface area contributed by atoms with Gasteiger partial charge in [0.1, 0.15) is 0 Å². The molecule has 4 heteroatoms. The van der Waals surface area contributed by atoms with Crippen molar-refractivity contribution in [1.82, 2.24) is 10.2 Å². The summed E-state index contributed by atoms with van der Waals surface area (Å²) in [5, 5.41) is 12.7. The fraction of sp³-hybridized carbons (Fsp3) is 1.00. The molecule has 2 fully saturated rings. The molecule has 2 N–H and O–H groups in total. The van der Waals surface area contributed by atoms with E-state index in [1.807, 2.05) is 0 Å². The number of hydrogen-bond donors (Lipinski definition) is 2. The molecule has 2 saturated heterocycles. The van der Waals surface area contributed by atoms with E-state index < -0.39 is 0 Å². The van der Waals surface area contributed by atoms with Crippen LogP contribution in [-0.4, -0.2) is 48.8 Å². The predicted molar refractivity (Wildman–Crippen MR) is 69.1 cm³/mol. The van der Waals surface area contributed by atoms with Crippen molar-refractivity contribution in [3.63, 3.8) is 0 Å². The molecular formula is C12H25ClN2O. The Bertz CT molecular complexity index is 219. The Labute approximate surface area is 105 Å². The lowest BCUT2D eigenvalue weighted by Crippen LogP contribution is -2.40. The standard InChI is InChI=1S/C12H24N2O.ClH/c1-10-11(7-15)3-6-14(10)9-12(2)4-5-13-8-12;/h10-11,13,15H,3-9H2,1-2H3;1H. The summed E-state index contributed by atoms with van der Waals surface area (Å²) < 4.78 is 0. The number of aliphatic hydroxyl groups excluding tert-OH is 1. The number of likely N-dealkylation sites (tertiary alicyclic amines) is 1. The van der Waals surface area contributed by atoms with Crippen LogP contribution < -0.4 is 5.32 Å². The zero-order chi connectivity index (χ0) is 10.9. The Morgan fingerprint density at radius 2 is 2.25 bits per heavy atom. The van der Waals surface area contributed by atoms with Gasteiger partial charge in [0.25, 0.3) is 0 Å². The Morgan fingerprint density at radius 3 is 2.75 bits per heavy atom. The van der Waals surface area contributed by atoms with E-state index in [1.165, 1.54) is 32.5 Å². The van der Waals surface area contributed by atoms with Gasteiger partial charge in [-0.1, -0.05) is 6.92 Å². The normalized spacial score (nSPS) is 39.9. The van der Waals surface area contributed by atoms with E-state index in [-0.39, 0.29) is 12.4 Å². The number of hydrogen-bond acceptors (Lipinski definition) is 3. The summed E-state index contributed by atoms with van der Waals surface area (Å²) in [4.78, 5) is 2.56. The number of halogens is 1. The second-order valence-corrected chi connectivity index (χ2v) is 5.68. The first kappa shape index (κ1) is 14.2. The minimum atomic E-state index is 0. The fourth-order valence-electron chi connectivity index (χ4n) is 3.04. The highest BCUT2D eigenvalue weighted by Gasteiger charge is 2.36. The van der Waals surface area contributed by atoms with Gasteiger partial charge in [-0.15, -0.1) is 12.4 Å². The maximum Gasteiger partial charge on any atom is 0.0474 e. The van der Waals surface area contributed by atoms with E-state index in [1.54, 1.807) is 0 Å². The molecule has 16 heavy (non-hydrogen) atoms. The van der Waals surface area contributed by atoms with Crippen molar-refractivity contribution in [2.45, 2.75) is 32.7 Å². The number of nitrogens with zero attached hydrogens (tertiary/aromatic N) is 1. The van der Waals surface area contributed by atoms with Gasteiger partial charge >= 0.3 is 0 Å². The second kappa shape index (κ2) is 5.67. The summed E-state index contributed by atoms with van der Waals surface area (Å²) in [6.07, 6.45) is 2.46. The number of nitrogens with one attached hydrogen (secondary N) is 1. The van der Waals surface area contributed by atoms with Crippen molar-refractivity contribution in [2.24, 2.45) is 11.3 Å². The van der Waals surface area contributed by atoms with E-state index in [4.69, 9.17) is 0 Å². The Kier molecular flexibility index (Phi) is 5.05. The molecule has 0 radical (unpaired) electrons. The van der Waals surface area contributed by atoms with Gasteiger partial charge in [0.2, 0.25) is 0 Å². The Morgan fingerprint density at radius 1 is 1.50 bits per heavy atom. The van der Waals surface area contributed by atoms with Crippen LogP contribution in [0, 0.1) is 11.3 Å². The van der Waals surface area contributed by atoms with E-state index in [0.29, 0.717) is 24.0 Å². The Balaban J connectivity index is 0.00000128. The molecule has 2 rings (SSSR count). The maximum atomic E-state index is 9.24. The van der Waals surface area contributed by atoms with Crippen molar-refractivity contribution >= 4 is 12.4 Å². The first-order valence-electron chi connectivity index (χ1n) is 6.20. The van der Waals surface area contributed by atoms with Crippen LogP contribution in [0.2, 0.25) is 0 Å². The van der Waals surface area contributed by atoms with Gasteiger partial charge < -0.3 is 10.4 Å². The summed E-state index contributed by atoms with van der Waals surface area (Å²) in [6, 6.07) is 0.562. The van der Waals surface area contributed by atoms with Gasteiger partial charge in [0.05, 0.1) is 0 Å². The molecule has 3 nitrogen and oxygen atoms in total. The largest absolute Gasteiger partial charge is 0.396 e. The zero-order valence-electron chi connectivity index (χ0n) is 10.4. The lowest BCUT2D eigenvalue weighted by Gasteiger charge is -2.32. The summed E-state index contributed by atoms with van der Waals surface area (Å²) in [5.41, 5.74) is 0.457. The first-order valence-corrected chi connectivity index (χ1v) is 6.20. The van der Waals surface area contributed by atoms with Crippen molar-refractivity contribution in [3.8, 4) is 0 Å². The molecule has 96 valence electrons. The third kappa shape index (κ3) is 2.89. The molecule has 0 amide bonds. The topological polar surface area (TPSA) is 35.5 Å². The lowest BCUT2D eigenvalue weighted by atomic mass is 9.89. The average molecular weight is 249 g/mol. The van der Waals surface area contributed by atoms with Crippen LogP contribution in [0.1, 0.15) is 26.7 Å². The van der Waals surface area contributed by atoms with Crippen LogP contribution in [0.25, 0.3) is 0 Å². The monoisotopic (exact) mass is 248 g/mol. The molecular weight excluding hydrogens is 224 g/mol. The molecule has 3 unspecified atom stereocenters. The summed E-state index contributed by atoms with van der Waals surface area (Å²) >= 11 is 0. The van der Waals surface area contributed by atoms with E-state index in [2.05, 4.69) is 24.1 Å². The number of rotatable bonds is 3. The Hall–Kier alpha value is 0.170. The van der Waals surface area contributed by atoms with Crippen LogP contribution in [0.5, 0.6) is 0 Å². The van der Waals surface area contributed by atoms with Gasteiger partial charge in [0.15, 0.2) is 0 Å². The second-order valence-electron chi connectivity index (χ2n) is 5.68. The minimum Gasteiger partial charge on any atom is -0.396 e. The predicted octanol–water partition coefficient (Wildman–Crippen LogP) is 1.11. The van der Waals surface area contributed by atoms with Crippen LogP contribution in [-0.2, 0) is 0 Å². The molecule has 0 aromatic carbocycles.